The Hall–Kier alpha value is -2.29. The van der Waals surface area contributed by atoms with Gasteiger partial charge in [0.2, 0.25) is 10.0 Å². The third kappa shape index (κ3) is 4.46. The van der Waals surface area contributed by atoms with Crippen molar-refractivity contribution in [1.82, 2.24) is 4.72 Å². The molecule has 138 valence electrons. The zero-order valence-corrected chi connectivity index (χ0v) is 14.8. The van der Waals surface area contributed by atoms with Gasteiger partial charge in [0, 0.05) is 18.2 Å². The minimum absolute atomic E-state index is 0.0238. The maximum atomic E-state index is 13.7. The van der Waals surface area contributed by atoms with Crippen molar-refractivity contribution < 1.29 is 22.3 Å². The fraction of sp³-hybridized carbons (Fsp3) is 0.278. The molecule has 0 unspecified atom stereocenters. The Morgan fingerprint density at radius 3 is 2.69 bits per heavy atom. The van der Waals surface area contributed by atoms with Crippen LogP contribution in [0, 0.1) is 5.82 Å². The fourth-order valence-electron chi connectivity index (χ4n) is 2.68. The number of sulfonamides is 1. The number of halogens is 1. The molecule has 3 rings (SSSR count). The number of carbonyl (C=O) groups is 1. The Balaban J connectivity index is 1.76. The van der Waals surface area contributed by atoms with Crippen LogP contribution in [0.1, 0.15) is 23.2 Å². The van der Waals surface area contributed by atoms with E-state index in [1.165, 1.54) is 42.5 Å². The van der Waals surface area contributed by atoms with E-state index >= 15 is 0 Å². The second-order valence-electron chi connectivity index (χ2n) is 6.00. The van der Waals surface area contributed by atoms with Crippen LogP contribution >= 0.6 is 0 Å². The van der Waals surface area contributed by atoms with E-state index in [4.69, 9.17) is 4.74 Å². The van der Waals surface area contributed by atoms with Crippen molar-refractivity contribution in [2.45, 2.75) is 23.8 Å². The predicted octanol–water partition coefficient (Wildman–Crippen LogP) is 2.54. The average Bonchev–Trinajstić information content (AvgIpc) is 2.64. The normalized spacial score (nSPS) is 17.7. The maximum Gasteiger partial charge on any atom is 0.255 e. The smallest absolute Gasteiger partial charge is 0.255 e. The molecule has 8 heteroatoms. The molecule has 1 saturated heterocycles. The summed E-state index contributed by atoms with van der Waals surface area (Å²) in [5, 5.41) is 2.44. The third-order valence-electron chi connectivity index (χ3n) is 4.01. The van der Waals surface area contributed by atoms with E-state index in [2.05, 4.69) is 10.0 Å². The van der Waals surface area contributed by atoms with Gasteiger partial charge in [-0.3, -0.25) is 4.79 Å². The van der Waals surface area contributed by atoms with Crippen molar-refractivity contribution in [3.05, 3.63) is 59.9 Å². The van der Waals surface area contributed by atoms with Gasteiger partial charge >= 0.3 is 0 Å². The third-order valence-corrected chi connectivity index (χ3v) is 5.53. The zero-order chi connectivity index (χ0) is 18.6. The van der Waals surface area contributed by atoms with Gasteiger partial charge in [0.15, 0.2) is 0 Å². The van der Waals surface area contributed by atoms with Crippen LogP contribution < -0.4 is 10.0 Å². The monoisotopic (exact) mass is 378 g/mol. The summed E-state index contributed by atoms with van der Waals surface area (Å²) in [4.78, 5) is 12.3. The van der Waals surface area contributed by atoms with Crippen molar-refractivity contribution >= 4 is 21.6 Å². The molecule has 26 heavy (non-hydrogen) atoms. The van der Waals surface area contributed by atoms with E-state index in [9.17, 15) is 17.6 Å². The van der Waals surface area contributed by atoms with Crippen molar-refractivity contribution in [1.29, 1.82) is 0 Å². The van der Waals surface area contributed by atoms with Crippen LogP contribution in [-0.2, 0) is 14.8 Å². The molecule has 0 aromatic heterocycles. The number of rotatable bonds is 5. The van der Waals surface area contributed by atoms with Crippen LogP contribution in [0.25, 0.3) is 0 Å². The summed E-state index contributed by atoms with van der Waals surface area (Å²) in [5.74, 6) is -1.16. The van der Waals surface area contributed by atoms with Crippen molar-refractivity contribution in [3.63, 3.8) is 0 Å². The van der Waals surface area contributed by atoms with Gasteiger partial charge in [-0.25, -0.2) is 17.5 Å². The molecule has 2 N–H and O–H groups in total. The van der Waals surface area contributed by atoms with E-state index in [0.717, 1.165) is 6.42 Å². The van der Waals surface area contributed by atoms with E-state index in [-0.39, 0.29) is 22.2 Å². The lowest BCUT2D eigenvalue weighted by molar-refractivity contribution is 0.0774. The number of benzene rings is 2. The molecule has 1 amide bonds. The van der Waals surface area contributed by atoms with E-state index < -0.39 is 21.7 Å². The molecule has 2 aromatic rings. The predicted molar refractivity (Wildman–Crippen MR) is 95.0 cm³/mol. The molecular weight excluding hydrogens is 359 g/mol. The first kappa shape index (κ1) is 18.5. The van der Waals surface area contributed by atoms with E-state index in [1.54, 1.807) is 6.07 Å². The number of nitrogens with one attached hydrogen (secondary N) is 2. The molecule has 6 nitrogen and oxygen atoms in total. The van der Waals surface area contributed by atoms with Gasteiger partial charge < -0.3 is 10.1 Å². The lowest BCUT2D eigenvalue weighted by Crippen LogP contribution is -2.40. The highest BCUT2D eigenvalue weighted by atomic mass is 32.2. The maximum absolute atomic E-state index is 13.7. The summed E-state index contributed by atoms with van der Waals surface area (Å²) in [7, 11) is -3.78. The minimum Gasteiger partial charge on any atom is -0.380 e. The number of hydrogen-bond donors (Lipinski definition) is 2. The second kappa shape index (κ2) is 7.94. The summed E-state index contributed by atoms with van der Waals surface area (Å²) >= 11 is 0. The Bertz CT molecular complexity index is 896. The number of carbonyl (C=O) groups excluding carboxylic acids is 1. The van der Waals surface area contributed by atoms with Crippen LogP contribution in [0.5, 0.6) is 0 Å². The van der Waals surface area contributed by atoms with Gasteiger partial charge in [-0.2, -0.15) is 0 Å². The van der Waals surface area contributed by atoms with Crippen LogP contribution in [0.15, 0.2) is 53.4 Å². The molecule has 2 aromatic carbocycles. The SMILES string of the molecule is O=C(Nc1ccccc1F)c1cccc(S(=O)(=O)N[C@H]2CCCOC2)c1. The van der Waals surface area contributed by atoms with Gasteiger partial charge in [-0.15, -0.1) is 0 Å². The van der Waals surface area contributed by atoms with Crippen LogP contribution in [0.3, 0.4) is 0 Å². The molecule has 0 spiro atoms. The van der Waals surface area contributed by atoms with Crippen LogP contribution in [0.2, 0.25) is 0 Å². The van der Waals surface area contributed by atoms with Crippen molar-refractivity contribution in [3.8, 4) is 0 Å². The van der Waals surface area contributed by atoms with E-state index in [0.29, 0.717) is 19.6 Å². The van der Waals surface area contributed by atoms with Gasteiger partial charge in [-0.1, -0.05) is 18.2 Å². The largest absolute Gasteiger partial charge is 0.380 e. The minimum atomic E-state index is -3.78. The van der Waals surface area contributed by atoms with E-state index in [1.807, 2.05) is 0 Å². The molecule has 0 saturated carbocycles. The molecule has 1 heterocycles. The lowest BCUT2D eigenvalue weighted by atomic mass is 10.1. The van der Waals surface area contributed by atoms with Gasteiger partial charge in [0.25, 0.3) is 5.91 Å². The Kier molecular flexibility index (Phi) is 5.65. The van der Waals surface area contributed by atoms with Gasteiger partial charge in [0.1, 0.15) is 5.82 Å². The Labute approximate surface area is 151 Å². The van der Waals surface area contributed by atoms with Gasteiger partial charge in [0.05, 0.1) is 17.2 Å². The fourth-order valence-corrected chi connectivity index (χ4v) is 3.98. The quantitative estimate of drug-likeness (QED) is 0.837. The molecule has 1 aliphatic heterocycles. The second-order valence-corrected chi connectivity index (χ2v) is 7.71. The topological polar surface area (TPSA) is 84.5 Å². The molecule has 0 radical (unpaired) electrons. The Morgan fingerprint density at radius 1 is 1.15 bits per heavy atom. The van der Waals surface area contributed by atoms with Crippen molar-refractivity contribution in [2.24, 2.45) is 0 Å². The highest BCUT2D eigenvalue weighted by Gasteiger charge is 2.23. The number of hydrogen-bond acceptors (Lipinski definition) is 4. The standard InChI is InChI=1S/C18H19FN2O4S/c19-16-8-1-2-9-17(16)20-18(22)13-5-3-7-15(11-13)26(23,24)21-14-6-4-10-25-12-14/h1-3,5,7-9,11,14,21H,4,6,10,12H2,(H,20,22)/t14-/m0/s1. The summed E-state index contributed by atoms with van der Waals surface area (Å²) in [5.41, 5.74) is 0.152. The van der Waals surface area contributed by atoms with Crippen LogP contribution in [-0.4, -0.2) is 33.6 Å². The number of para-hydroxylation sites is 1. The lowest BCUT2D eigenvalue weighted by Gasteiger charge is -2.23. The summed E-state index contributed by atoms with van der Waals surface area (Å²) in [6.45, 7) is 0.955. The van der Waals surface area contributed by atoms with Gasteiger partial charge in [-0.05, 0) is 43.2 Å². The van der Waals surface area contributed by atoms with Crippen LogP contribution in [0.4, 0.5) is 10.1 Å². The molecule has 0 bridgehead atoms. The molecule has 1 fully saturated rings. The molecule has 1 atom stereocenters. The van der Waals surface area contributed by atoms with Crippen molar-refractivity contribution in [2.75, 3.05) is 18.5 Å². The highest BCUT2D eigenvalue weighted by Crippen LogP contribution is 2.17. The summed E-state index contributed by atoms with van der Waals surface area (Å²) < 4.78 is 46.6. The molecule has 1 aliphatic rings. The first-order valence-corrected chi connectivity index (χ1v) is 9.70. The average molecular weight is 378 g/mol. The highest BCUT2D eigenvalue weighted by molar-refractivity contribution is 7.89. The zero-order valence-electron chi connectivity index (χ0n) is 13.9. The number of amides is 1. The first-order chi connectivity index (χ1) is 12.5. The number of ether oxygens (including phenoxy) is 1. The molecule has 0 aliphatic carbocycles. The first-order valence-electron chi connectivity index (χ1n) is 8.22. The Morgan fingerprint density at radius 2 is 1.96 bits per heavy atom. The number of anilines is 1. The summed E-state index contributed by atoms with van der Waals surface area (Å²) in [6.07, 6.45) is 1.49. The summed E-state index contributed by atoms with van der Waals surface area (Å²) in [6, 6.07) is 11.1. The molecular formula is C18H19FN2O4S.